The van der Waals surface area contributed by atoms with Crippen LogP contribution in [0.1, 0.15) is 180 Å². The Morgan fingerprint density at radius 3 is 1.30 bits per heavy atom. The van der Waals surface area contributed by atoms with E-state index >= 15 is 0 Å². The van der Waals surface area contributed by atoms with Gasteiger partial charge in [0, 0.05) is 37.3 Å². The molecule has 4 N–H and O–H groups in total. The summed E-state index contributed by atoms with van der Waals surface area (Å²) in [6.45, 7) is 21.6. The number of aromatic nitrogens is 2. The standard InChI is InChI=1S/C64H90N10O8S2/c1-11-19-24-47(15-5)41-71(42-48(16-6)25-20-12-2)83(79,80)55-34-30-51(31-35-55)67-69-59-45(9)57(39-65)61(75)73(63(59)77)53-28-23-29-54(38-53)74-62(76)58(40-66)46(10)60(64(74)78)70-68-52-32-36-56(37-33-52)84(81,82)72(43-49(17-7)26-21-13-3)44-50(18-8)27-22-14-4/h23,28-38,47-50,67,69,77-78H,11-22,24-27,41-44H2,1-10H3. The molecule has 0 amide bonds. The number of nitrogens with one attached hydrogen (secondary N) is 2. The fraction of sp³-hybridized carbons (Fsp3) is 0.531. The minimum atomic E-state index is -3.91. The van der Waals surface area contributed by atoms with Crippen LogP contribution < -0.4 is 22.0 Å². The van der Waals surface area contributed by atoms with E-state index in [-0.39, 0.29) is 84.2 Å². The second kappa shape index (κ2) is 32.4. The summed E-state index contributed by atoms with van der Waals surface area (Å²) in [5.41, 5.74) is 3.71. The van der Waals surface area contributed by atoms with Crippen LogP contribution in [0.25, 0.3) is 11.4 Å². The van der Waals surface area contributed by atoms with Crippen molar-refractivity contribution in [1.29, 1.82) is 10.5 Å². The smallest absolute Gasteiger partial charge is 0.276 e. The number of aromatic hydroxyl groups is 2. The van der Waals surface area contributed by atoms with E-state index in [1.807, 2.05) is 12.1 Å². The number of pyridine rings is 2. The number of sulfonamides is 2. The zero-order chi connectivity index (χ0) is 61.7. The SMILES string of the molecule is CCCCC(CC)CN(CC(CC)CCCC)S(=O)(=O)c1ccc(N=Nc2c(C)c(C#N)c(=O)n(-c3cccc(-n4c(O)c(NNc5ccc(S(=O)(=O)N(CC(CC)CCCC)CC(CC)CCCC)cc5)c(C)c(C#N)c4=O)c3)c2O)cc1. The molecule has 84 heavy (non-hydrogen) atoms. The average Bonchev–Trinajstić information content (AvgIpc) is 1.49. The number of anilines is 2. The molecule has 2 heterocycles. The van der Waals surface area contributed by atoms with E-state index in [4.69, 9.17) is 0 Å². The summed E-state index contributed by atoms with van der Waals surface area (Å²) >= 11 is 0. The van der Waals surface area contributed by atoms with Crippen LogP contribution in [0.3, 0.4) is 0 Å². The molecule has 0 aliphatic carbocycles. The number of rotatable bonds is 35. The Kier molecular flexibility index (Phi) is 26.2. The Morgan fingerprint density at radius 1 is 0.536 bits per heavy atom. The van der Waals surface area contributed by atoms with Crippen LogP contribution in [0.2, 0.25) is 0 Å². The van der Waals surface area contributed by atoms with Crippen molar-refractivity contribution in [2.24, 2.45) is 33.9 Å². The average molecular weight is 1190 g/mol. The second-order valence-corrected chi connectivity index (χ2v) is 26.0. The van der Waals surface area contributed by atoms with Gasteiger partial charge in [0.1, 0.15) is 29.0 Å². The molecule has 0 saturated heterocycles. The van der Waals surface area contributed by atoms with Gasteiger partial charge < -0.3 is 15.6 Å². The quantitative estimate of drug-likeness (QED) is 0.0218. The maximum Gasteiger partial charge on any atom is 0.276 e. The number of hydrazine groups is 1. The first-order valence-corrected chi connectivity index (χ1v) is 33.1. The Morgan fingerprint density at radius 2 is 0.917 bits per heavy atom. The Bertz CT molecular complexity index is 3410. The third kappa shape index (κ3) is 16.7. The molecule has 0 radical (unpaired) electrons. The molecule has 0 aliphatic rings. The summed E-state index contributed by atoms with van der Waals surface area (Å²) in [5, 5.41) is 52.9. The molecule has 20 heteroatoms. The van der Waals surface area contributed by atoms with E-state index in [9.17, 15) is 47.2 Å². The lowest BCUT2D eigenvalue weighted by Gasteiger charge is -2.30. The molecule has 0 bridgehead atoms. The lowest BCUT2D eigenvalue weighted by molar-refractivity contribution is 0.270. The molecule has 4 unspecified atom stereocenters. The molecule has 5 rings (SSSR count). The van der Waals surface area contributed by atoms with Gasteiger partial charge in [-0.25, -0.2) is 26.0 Å². The van der Waals surface area contributed by atoms with Crippen molar-refractivity contribution in [2.45, 2.75) is 182 Å². The number of azo groups is 1. The molecule has 0 saturated carbocycles. The van der Waals surface area contributed by atoms with Gasteiger partial charge >= 0.3 is 0 Å². The predicted molar refractivity (Wildman–Crippen MR) is 335 cm³/mol. The first-order chi connectivity index (χ1) is 40.2. The largest absolute Gasteiger partial charge is 0.493 e. The van der Waals surface area contributed by atoms with Gasteiger partial charge in [0.05, 0.1) is 32.5 Å². The zero-order valence-electron chi connectivity index (χ0n) is 51.1. The molecule has 4 atom stereocenters. The Labute approximate surface area is 499 Å². The van der Waals surface area contributed by atoms with E-state index in [2.05, 4.69) is 76.5 Å². The van der Waals surface area contributed by atoms with Crippen LogP contribution in [0.5, 0.6) is 11.8 Å². The summed E-state index contributed by atoms with van der Waals surface area (Å²) in [4.78, 5) is 28.4. The summed E-state index contributed by atoms with van der Waals surface area (Å²) in [5.74, 6) is -0.464. The third-order valence-corrected chi connectivity index (χ3v) is 20.0. The highest BCUT2D eigenvalue weighted by Crippen LogP contribution is 2.37. The van der Waals surface area contributed by atoms with Crippen molar-refractivity contribution >= 4 is 42.8 Å². The van der Waals surface area contributed by atoms with Crippen molar-refractivity contribution < 1.29 is 27.0 Å². The summed E-state index contributed by atoms with van der Waals surface area (Å²) in [7, 11) is -7.80. The summed E-state index contributed by atoms with van der Waals surface area (Å²) in [6.07, 6.45) is 15.4. The first kappa shape index (κ1) is 67.9. The maximum atomic E-state index is 14.4. The number of hydrogen-bond donors (Lipinski definition) is 4. The van der Waals surface area contributed by atoms with Gasteiger partial charge in [0.25, 0.3) is 11.1 Å². The van der Waals surface area contributed by atoms with Crippen LogP contribution in [-0.2, 0) is 20.0 Å². The van der Waals surface area contributed by atoms with Gasteiger partial charge in [-0.1, -0.05) is 139 Å². The summed E-state index contributed by atoms with van der Waals surface area (Å²) in [6, 6.07) is 21.6. The topological polar surface area (TPSA) is 256 Å². The predicted octanol–water partition coefficient (Wildman–Crippen LogP) is 14.5. The fourth-order valence-electron chi connectivity index (χ4n) is 10.6. The van der Waals surface area contributed by atoms with Crippen LogP contribution in [-0.4, -0.2) is 71.0 Å². The Hall–Kier alpha value is -6.84. The highest BCUT2D eigenvalue weighted by atomic mass is 32.2. The van der Waals surface area contributed by atoms with E-state index in [1.54, 1.807) is 20.7 Å². The highest BCUT2D eigenvalue weighted by molar-refractivity contribution is 7.89. The van der Waals surface area contributed by atoms with Crippen molar-refractivity contribution in [1.82, 2.24) is 17.7 Å². The molecule has 0 aliphatic heterocycles. The number of nitriles is 2. The van der Waals surface area contributed by atoms with Gasteiger partial charge in [-0.2, -0.15) is 24.2 Å². The molecule has 5 aromatic rings. The van der Waals surface area contributed by atoms with Crippen LogP contribution in [0.15, 0.2) is 102 Å². The van der Waals surface area contributed by atoms with Crippen LogP contribution in [0.4, 0.5) is 22.7 Å². The van der Waals surface area contributed by atoms with Gasteiger partial charge in [-0.15, -0.1) is 5.11 Å². The number of nitrogens with zero attached hydrogens (tertiary/aromatic N) is 8. The van der Waals surface area contributed by atoms with Crippen LogP contribution >= 0.6 is 0 Å². The van der Waals surface area contributed by atoms with E-state index < -0.39 is 42.9 Å². The van der Waals surface area contributed by atoms with Crippen molar-refractivity contribution in [3.63, 3.8) is 0 Å². The molecule has 0 spiro atoms. The monoisotopic (exact) mass is 1190 g/mol. The zero-order valence-corrected chi connectivity index (χ0v) is 52.8. The highest BCUT2D eigenvalue weighted by Gasteiger charge is 2.31. The van der Waals surface area contributed by atoms with Gasteiger partial charge in [-0.05, 0) is 130 Å². The molecule has 456 valence electrons. The molecular formula is C64H90N10O8S2. The van der Waals surface area contributed by atoms with Crippen molar-refractivity contribution in [3.8, 4) is 35.3 Å². The fourth-order valence-corrected chi connectivity index (χ4v) is 13.8. The van der Waals surface area contributed by atoms with Gasteiger partial charge in [0.2, 0.25) is 31.8 Å². The van der Waals surface area contributed by atoms with Crippen molar-refractivity contribution in [3.05, 3.63) is 116 Å². The molecule has 3 aromatic carbocycles. The summed E-state index contributed by atoms with van der Waals surface area (Å²) < 4.78 is 62.5. The number of benzene rings is 3. The Balaban J connectivity index is 1.47. The maximum absolute atomic E-state index is 14.4. The van der Waals surface area contributed by atoms with E-state index in [0.29, 0.717) is 31.9 Å². The van der Waals surface area contributed by atoms with Gasteiger partial charge in [0.15, 0.2) is 5.69 Å². The minimum Gasteiger partial charge on any atom is -0.493 e. The molecule has 2 aromatic heterocycles. The van der Waals surface area contributed by atoms with Crippen molar-refractivity contribution in [2.75, 3.05) is 37.0 Å². The first-order valence-electron chi connectivity index (χ1n) is 30.3. The lowest BCUT2D eigenvalue weighted by atomic mass is 9.97. The number of hydrogen-bond acceptors (Lipinski definition) is 14. The molecule has 0 fully saturated rings. The third-order valence-electron chi connectivity index (χ3n) is 16.3. The molecule has 18 nitrogen and oxygen atoms in total. The second-order valence-electron chi connectivity index (χ2n) is 22.2. The minimum absolute atomic E-state index is 0.0199. The van der Waals surface area contributed by atoms with Gasteiger partial charge in [-0.3, -0.25) is 15.0 Å². The van der Waals surface area contributed by atoms with E-state index in [0.717, 1.165) is 112 Å². The van der Waals surface area contributed by atoms with Crippen LogP contribution in [0, 0.1) is 60.2 Å². The normalized spacial score (nSPS) is 13.5. The lowest BCUT2D eigenvalue weighted by Crippen LogP contribution is -2.39. The van der Waals surface area contributed by atoms with E-state index in [1.165, 1.54) is 74.5 Å². The number of unbranched alkanes of at least 4 members (excludes halogenated alkanes) is 4. The molecular weight excluding hydrogens is 1100 g/mol.